The van der Waals surface area contributed by atoms with E-state index in [-0.39, 0.29) is 0 Å². The molecular formula is C31H35N3OS. The van der Waals surface area contributed by atoms with Gasteiger partial charge in [0.05, 0.1) is 22.3 Å². The fourth-order valence-corrected chi connectivity index (χ4v) is 7.50. The maximum atomic E-state index is 5.84. The van der Waals surface area contributed by atoms with E-state index in [0.29, 0.717) is 23.9 Å². The van der Waals surface area contributed by atoms with Gasteiger partial charge in [-0.15, -0.1) is 11.3 Å². The molecule has 2 saturated heterocycles. The molecule has 2 fully saturated rings. The Balaban J connectivity index is 1.31. The fraction of sp³-hybridized carbons (Fsp3) is 0.387. The van der Waals surface area contributed by atoms with E-state index >= 15 is 0 Å². The predicted molar refractivity (Wildman–Crippen MR) is 149 cm³/mol. The van der Waals surface area contributed by atoms with Gasteiger partial charge in [0.25, 0.3) is 0 Å². The summed E-state index contributed by atoms with van der Waals surface area (Å²) in [4.78, 5) is 7.63. The lowest BCUT2D eigenvalue weighted by Gasteiger charge is -2.39. The highest BCUT2D eigenvalue weighted by Gasteiger charge is 2.49. The predicted octanol–water partition coefficient (Wildman–Crippen LogP) is 6.25. The number of rotatable bonds is 9. The second kappa shape index (κ2) is 10.3. The zero-order chi connectivity index (χ0) is 24.5. The standard InChI is InChI=1S/C31H35N3OS/c1-3-10-28-33-25-17-24(26(35-2)18-27(25)36-28)19-32-30-23-15-16-34(20-23)31(30)29(21-11-6-4-7-12-21)22-13-8-5-9-14-22/h4-9,11-14,17-18,23,29-32H,3,10,15-16,19-20H2,1-2H3. The van der Waals surface area contributed by atoms with Crippen molar-refractivity contribution in [2.75, 3.05) is 20.2 Å². The van der Waals surface area contributed by atoms with Crippen LogP contribution in [0.3, 0.4) is 0 Å². The first kappa shape index (κ1) is 23.7. The van der Waals surface area contributed by atoms with Gasteiger partial charge < -0.3 is 10.1 Å². The largest absolute Gasteiger partial charge is 0.496 e. The number of thiazole rings is 1. The van der Waals surface area contributed by atoms with Gasteiger partial charge in [-0.2, -0.15) is 0 Å². The molecule has 2 bridgehead atoms. The fourth-order valence-electron chi connectivity index (χ4n) is 6.42. The number of aromatic nitrogens is 1. The molecule has 0 aliphatic carbocycles. The van der Waals surface area contributed by atoms with Crippen molar-refractivity contribution in [2.45, 2.75) is 50.7 Å². The second-order valence-electron chi connectivity index (χ2n) is 10.2. The number of piperidine rings is 1. The average Bonchev–Trinajstić information content (AvgIpc) is 3.63. The Kier molecular flexibility index (Phi) is 6.79. The van der Waals surface area contributed by atoms with Gasteiger partial charge in [-0.25, -0.2) is 4.98 Å². The number of ether oxygens (including phenoxy) is 1. The van der Waals surface area contributed by atoms with Gasteiger partial charge in [0.1, 0.15) is 5.75 Å². The molecule has 1 aromatic heterocycles. The van der Waals surface area contributed by atoms with Gasteiger partial charge in [-0.1, -0.05) is 67.6 Å². The molecule has 4 unspecified atom stereocenters. The van der Waals surface area contributed by atoms with Crippen molar-refractivity contribution in [3.8, 4) is 5.75 Å². The molecule has 0 spiro atoms. The number of benzene rings is 3. The first-order valence-electron chi connectivity index (χ1n) is 13.3. The van der Waals surface area contributed by atoms with Crippen LogP contribution < -0.4 is 10.1 Å². The Morgan fingerprint density at radius 1 is 1.06 bits per heavy atom. The number of hydrogen-bond donors (Lipinski definition) is 1. The molecule has 3 heterocycles. The van der Waals surface area contributed by atoms with Crippen molar-refractivity contribution < 1.29 is 4.74 Å². The van der Waals surface area contributed by atoms with Crippen LogP contribution in [0.15, 0.2) is 72.8 Å². The Hall–Kier alpha value is -2.73. The van der Waals surface area contributed by atoms with Crippen LogP contribution in [0, 0.1) is 5.92 Å². The van der Waals surface area contributed by atoms with Gasteiger partial charge in [-0.05, 0) is 55.0 Å². The molecule has 36 heavy (non-hydrogen) atoms. The van der Waals surface area contributed by atoms with E-state index in [0.717, 1.165) is 30.7 Å². The molecule has 0 radical (unpaired) electrons. The van der Waals surface area contributed by atoms with E-state index in [2.05, 4.69) is 89.9 Å². The zero-order valence-corrected chi connectivity index (χ0v) is 22.0. The van der Waals surface area contributed by atoms with Crippen LogP contribution in [0.5, 0.6) is 5.75 Å². The highest BCUT2D eigenvalue weighted by molar-refractivity contribution is 7.18. The minimum Gasteiger partial charge on any atom is -0.496 e. The highest BCUT2D eigenvalue weighted by atomic mass is 32.1. The Morgan fingerprint density at radius 3 is 2.44 bits per heavy atom. The van der Waals surface area contributed by atoms with E-state index in [4.69, 9.17) is 9.72 Å². The van der Waals surface area contributed by atoms with Crippen LogP contribution in [-0.2, 0) is 13.0 Å². The van der Waals surface area contributed by atoms with Crippen LogP contribution in [-0.4, -0.2) is 42.2 Å². The quantitative estimate of drug-likeness (QED) is 0.297. The van der Waals surface area contributed by atoms with Crippen LogP contribution >= 0.6 is 11.3 Å². The van der Waals surface area contributed by atoms with Crippen molar-refractivity contribution in [1.29, 1.82) is 0 Å². The summed E-state index contributed by atoms with van der Waals surface area (Å²) in [5, 5.41) is 5.24. The normalized spacial score (nSPS) is 23.1. The third-order valence-electron chi connectivity index (χ3n) is 8.04. The summed E-state index contributed by atoms with van der Waals surface area (Å²) >= 11 is 1.79. The molecule has 3 aromatic carbocycles. The van der Waals surface area contributed by atoms with Gasteiger partial charge in [0.2, 0.25) is 0 Å². The summed E-state index contributed by atoms with van der Waals surface area (Å²) in [6.07, 6.45) is 3.43. The van der Waals surface area contributed by atoms with Crippen molar-refractivity contribution in [1.82, 2.24) is 15.2 Å². The second-order valence-corrected chi connectivity index (χ2v) is 11.3. The minimum atomic E-state index is 0.342. The van der Waals surface area contributed by atoms with E-state index < -0.39 is 0 Å². The molecule has 0 saturated carbocycles. The summed E-state index contributed by atoms with van der Waals surface area (Å²) in [5.41, 5.74) is 5.10. The van der Waals surface area contributed by atoms with Gasteiger partial charge in [0.15, 0.2) is 0 Å². The Labute approximate surface area is 218 Å². The van der Waals surface area contributed by atoms with Crippen LogP contribution in [0.4, 0.5) is 0 Å². The van der Waals surface area contributed by atoms with E-state index in [1.165, 1.54) is 45.9 Å². The smallest absolute Gasteiger partial charge is 0.124 e. The Bertz CT molecular complexity index is 1270. The summed E-state index contributed by atoms with van der Waals surface area (Å²) in [6.45, 7) is 5.38. The lowest BCUT2D eigenvalue weighted by atomic mass is 9.78. The van der Waals surface area contributed by atoms with Crippen molar-refractivity contribution in [3.05, 3.63) is 94.5 Å². The summed E-state index contributed by atoms with van der Waals surface area (Å²) in [7, 11) is 1.78. The summed E-state index contributed by atoms with van der Waals surface area (Å²) in [5.74, 6) is 1.98. The lowest BCUT2D eigenvalue weighted by molar-refractivity contribution is 0.197. The molecule has 186 valence electrons. The highest BCUT2D eigenvalue weighted by Crippen LogP contribution is 2.43. The first-order chi connectivity index (χ1) is 17.7. The first-order valence-corrected chi connectivity index (χ1v) is 14.1. The third-order valence-corrected chi connectivity index (χ3v) is 9.12. The molecule has 2 aliphatic heterocycles. The van der Waals surface area contributed by atoms with E-state index in [9.17, 15) is 0 Å². The number of fused-ring (bicyclic) bond motifs is 3. The number of aryl methyl sites for hydroxylation is 1. The zero-order valence-electron chi connectivity index (χ0n) is 21.2. The van der Waals surface area contributed by atoms with E-state index in [1.54, 1.807) is 18.4 Å². The topological polar surface area (TPSA) is 37.4 Å². The molecule has 5 heteroatoms. The third kappa shape index (κ3) is 4.45. The van der Waals surface area contributed by atoms with Crippen LogP contribution in [0.2, 0.25) is 0 Å². The maximum Gasteiger partial charge on any atom is 0.124 e. The number of nitrogens with zero attached hydrogens (tertiary/aromatic N) is 2. The van der Waals surface area contributed by atoms with Crippen molar-refractivity contribution in [3.63, 3.8) is 0 Å². The van der Waals surface area contributed by atoms with Gasteiger partial charge in [-0.3, -0.25) is 4.90 Å². The van der Waals surface area contributed by atoms with Crippen molar-refractivity contribution >= 4 is 21.6 Å². The molecule has 6 rings (SSSR count). The average molecular weight is 498 g/mol. The van der Waals surface area contributed by atoms with Gasteiger partial charge >= 0.3 is 0 Å². The number of nitrogens with one attached hydrogen (secondary N) is 1. The molecular weight excluding hydrogens is 462 g/mol. The molecule has 4 atom stereocenters. The molecule has 2 aliphatic rings. The lowest BCUT2D eigenvalue weighted by Crippen LogP contribution is -2.50. The minimum absolute atomic E-state index is 0.342. The molecule has 4 aromatic rings. The monoisotopic (exact) mass is 497 g/mol. The summed E-state index contributed by atoms with van der Waals surface area (Å²) < 4.78 is 7.06. The van der Waals surface area contributed by atoms with Crippen LogP contribution in [0.25, 0.3) is 10.2 Å². The van der Waals surface area contributed by atoms with Gasteiger partial charge in [0, 0.05) is 36.7 Å². The molecule has 0 amide bonds. The molecule has 4 nitrogen and oxygen atoms in total. The number of methoxy groups -OCH3 is 1. The van der Waals surface area contributed by atoms with Crippen molar-refractivity contribution in [2.24, 2.45) is 5.92 Å². The van der Waals surface area contributed by atoms with E-state index in [1.807, 2.05) is 0 Å². The maximum absolute atomic E-state index is 5.84. The van der Waals surface area contributed by atoms with Crippen LogP contribution in [0.1, 0.15) is 47.4 Å². The number of hydrogen-bond acceptors (Lipinski definition) is 5. The molecule has 1 N–H and O–H groups in total. The Morgan fingerprint density at radius 2 is 1.78 bits per heavy atom. The summed E-state index contributed by atoms with van der Waals surface area (Å²) in [6, 6.07) is 27.4. The SMILES string of the molecule is CCCc1nc2cc(CNC3C4CCN(C4)C3C(c3ccccc3)c3ccccc3)c(OC)cc2s1.